The third kappa shape index (κ3) is 3.71. The van der Waals surface area contributed by atoms with Crippen LogP contribution >= 0.6 is 0 Å². The molecule has 1 saturated heterocycles. The third-order valence-corrected chi connectivity index (χ3v) is 4.38. The lowest BCUT2D eigenvalue weighted by Gasteiger charge is -2.36. The summed E-state index contributed by atoms with van der Waals surface area (Å²) in [6.45, 7) is 8.66. The van der Waals surface area contributed by atoms with Crippen LogP contribution in [-0.2, 0) is 4.74 Å². The monoisotopic (exact) mass is 316 g/mol. The Labute approximate surface area is 135 Å². The number of rotatable bonds is 5. The minimum Gasteiger partial charge on any atom is -0.379 e. The van der Waals surface area contributed by atoms with Crippen molar-refractivity contribution in [1.29, 1.82) is 0 Å². The zero-order valence-corrected chi connectivity index (χ0v) is 13.7. The van der Waals surface area contributed by atoms with E-state index < -0.39 is 0 Å². The number of nitrogens with one attached hydrogen (secondary N) is 2. The lowest BCUT2D eigenvalue weighted by molar-refractivity contribution is 0.00951. The van der Waals surface area contributed by atoms with Gasteiger partial charge in [0.1, 0.15) is 0 Å². The fraction of sp³-hybridized carbons (Fsp3) is 0.529. The first-order valence-electron chi connectivity index (χ1n) is 8.20. The van der Waals surface area contributed by atoms with E-state index in [1.54, 1.807) is 6.07 Å². The van der Waals surface area contributed by atoms with Crippen LogP contribution in [0.2, 0.25) is 0 Å². The van der Waals surface area contributed by atoms with Gasteiger partial charge in [-0.1, -0.05) is 26.0 Å². The standard InChI is InChI=1S/C17H24N4O2/c1-12(2)15(21-7-9-23-10-8-21)11-18-17-19-14-6-4-3-5-13(14)16(22)20-17/h3-6,12,15H,7-11H2,1-2H3,(H2,18,19,20,22). The molecule has 1 aromatic carbocycles. The van der Waals surface area contributed by atoms with Crippen LogP contribution in [0.1, 0.15) is 13.8 Å². The molecule has 0 amide bonds. The smallest absolute Gasteiger partial charge is 0.260 e. The summed E-state index contributed by atoms with van der Waals surface area (Å²) >= 11 is 0. The van der Waals surface area contributed by atoms with E-state index in [-0.39, 0.29) is 5.56 Å². The van der Waals surface area contributed by atoms with Gasteiger partial charge in [0.15, 0.2) is 0 Å². The van der Waals surface area contributed by atoms with Gasteiger partial charge in [-0.3, -0.25) is 14.7 Å². The molecule has 0 spiro atoms. The molecule has 0 radical (unpaired) electrons. The maximum absolute atomic E-state index is 12.1. The molecular formula is C17H24N4O2. The molecule has 0 aliphatic carbocycles. The Bertz CT molecular complexity index is 707. The van der Waals surface area contributed by atoms with Crippen molar-refractivity contribution in [2.75, 3.05) is 38.2 Å². The van der Waals surface area contributed by atoms with Gasteiger partial charge >= 0.3 is 0 Å². The number of aromatic nitrogens is 2. The minimum absolute atomic E-state index is 0.106. The van der Waals surface area contributed by atoms with Gasteiger partial charge in [0.2, 0.25) is 5.95 Å². The van der Waals surface area contributed by atoms with Gasteiger partial charge in [0.05, 0.1) is 24.1 Å². The second-order valence-electron chi connectivity index (χ2n) is 6.27. The van der Waals surface area contributed by atoms with Crippen LogP contribution in [0.15, 0.2) is 29.1 Å². The first kappa shape index (κ1) is 16.0. The predicted octanol–water partition coefficient (Wildman–Crippen LogP) is 1.69. The lowest BCUT2D eigenvalue weighted by Crippen LogP contribution is -2.49. The topological polar surface area (TPSA) is 70.2 Å². The second-order valence-corrected chi connectivity index (χ2v) is 6.27. The maximum Gasteiger partial charge on any atom is 0.260 e. The van der Waals surface area contributed by atoms with Crippen molar-refractivity contribution in [3.8, 4) is 0 Å². The molecule has 6 heteroatoms. The third-order valence-electron chi connectivity index (χ3n) is 4.38. The van der Waals surface area contributed by atoms with Crippen molar-refractivity contribution in [2.24, 2.45) is 5.92 Å². The van der Waals surface area contributed by atoms with Gasteiger partial charge in [-0.05, 0) is 18.1 Å². The molecule has 1 atom stereocenters. The number of hydrogen-bond acceptors (Lipinski definition) is 5. The summed E-state index contributed by atoms with van der Waals surface area (Å²) in [7, 11) is 0. The zero-order valence-electron chi connectivity index (χ0n) is 13.7. The Morgan fingerprint density at radius 3 is 2.78 bits per heavy atom. The van der Waals surface area contributed by atoms with E-state index in [9.17, 15) is 4.79 Å². The number of H-pyrrole nitrogens is 1. The highest BCUT2D eigenvalue weighted by molar-refractivity contribution is 5.78. The van der Waals surface area contributed by atoms with Gasteiger partial charge in [-0.2, -0.15) is 0 Å². The largest absolute Gasteiger partial charge is 0.379 e. The van der Waals surface area contributed by atoms with Crippen molar-refractivity contribution in [1.82, 2.24) is 14.9 Å². The van der Waals surface area contributed by atoms with E-state index >= 15 is 0 Å². The highest BCUT2D eigenvalue weighted by atomic mass is 16.5. The summed E-state index contributed by atoms with van der Waals surface area (Å²) < 4.78 is 5.43. The molecule has 0 saturated carbocycles. The van der Waals surface area contributed by atoms with Crippen molar-refractivity contribution < 1.29 is 4.74 Å². The number of benzene rings is 1. The van der Waals surface area contributed by atoms with Crippen LogP contribution < -0.4 is 10.9 Å². The fourth-order valence-corrected chi connectivity index (χ4v) is 3.07. The molecule has 2 N–H and O–H groups in total. The molecule has 2 aromatic rings. The Hall–Kier alpha value is -1.92. The van der Waals surface area contributed by atoms with Crippen LogP contribution in [0.4, 0.5) is 5.95 Å². The minimum atomic E-state index is -0.106. The molecule has 1 unspecified atom stereocenters. The summed E-state index contributed by atoms with van der Waals surface area (Å²) in [5.41, 5.74) is 0.608. The number of hydrogen-bond donors (Lipinski definition) is 2. The number of fused-ring (bicyclic) bond motifs is 1. The maximum atomic E-state index is 12.1. The number of aromatic amines is 1. The van der Waals surface area contributed by atoms with Crippen molar-refractivity contribution >= 4 is 16.9 Å². The molecule has 2 heterocycles. The SMILES string of the molecule is CC(C)C(CNc1nc2ccccc2c(=O)[nH]1)N1CCOCC1. The molecule has 124 valence electrons. The van der Waals surface area contributed by atoms with E-state index in [1.165, 1.54) is 0 Å². The van der Waals surface area contributed by atoms with Gasteiger partial charge in [0, 0.05) is 25.7 Å². The first-order chi connectivity index (χ1) is 11.1. The Morgan fingerprint density at radius 1 is 1.30 bits per heavy atom. The van der Waals surface area contributed by atoms with Crippen molar-refractivity contribution in [2.45, 2.75) is 19.9 Å². The quantitative estimate of drug-likeness (QED) is 0.878. The van der Waals surface area contributed by atoms with Crippen LogP contribution in [0, 0.1) is 5.92 Å². The van der Waals surface area contributed by atoms with Crippen LogP contribution in [0.5, 0.6) is 0 Å². The Kier molecular flexibility index (Phi) is 4.93. The lowest BCUT2D eigenvalue weighted by atomic mass is 10.0. The van der Waals surface area contributed by atoms with E-state index in [0.717, 1.165) is 32.8 Å². The number of anilines is 1. The highest BCUT2D eigenvalue weighted by Crippen LogP contribution is 2.14. The molecule has 1 aliphatic heterocycles. The van der Waals surface area contributed by atoms with Gasteiger partial charge in [-0.25, -0.2) is 4.98 Å². The summed E-state index contributed by atoms with van der Waals surface area (Å²) in [6.07, 6.45) is 0. The molecule has 23 heavy (non-hydrogen) atoms. The second kappa shape index (κ2) is 7.10. The summed E-state index contributed by atoms with van der Waals surface area (Å²) in [5.74, 6) is 1.04. The normalized spacial score (nSPS) is 17.5. The average molecular weight is 316 g/mol. The predicted molar refractivity (Wildman–Crippen MR) is 91.9 cm³/mol. The molecule has 1 fully saturated rings. The molecule has 6 nitrogen and oxygen atoms in total. The zero-order chi connectivity index (χ0) is 16.2. The van der Waals surface area contributed by atoms with Gasteiger partial charge in [0.25, 0.3) is 5.56 Å². The van der Waals surface area contributed by atoms with E-state index in [1.807, 2.05) is 18.2 Å². The number of para-hydroxylation sites is 1. The van der Waals surface area contributed by atoms with Crippen molar-refractivity contribution in [3.05, 3.63) is 34.6 Å². The van der Waals surface area contributed by atoms with Crippen molar-refractivity contribution in [3.63, 3.8) is 0 Å². The molecule has 0 bridgehead atoms. The number of morpholine rings is 1. The van der Waals surface area contributed by atoms with Gasteiger partial charge in [-0.15, -0.1) is 0 Å². The summed E-state index contributed by atoms with van der Waals surface area (Å²) in [6, 6.07) is 7.77. The van der Waals surface area contributed by atoms with Crippen LogP contribution in [-0.4, -0.2) is 53.8 Å². The Balaban J connectivity index is 1.74. The van der Waals surface area contributed by atoms with Gasteiger partial charge < -0.3 is 10.1 Å². The molecular weight excluding hydrogens is 292 g/mol. The van der Waals surface area contributed by atoms with Crippen LogP contribution in [0.25, 0.3) is 10.9 Å². The molecule has 3 rings (SSSR count). The number of ether oxygens (including phenoxy) is 1. The first-order valence-corrected chi connectivity index (χ1v) is 8.20. The molecule has 1 aliphatic rings. The van der Waals surface area contributed by atoms with E-state index in [2.05, 4.69) is 34.0 Å². The van der Waals surface area contributed by atoms with Crippen LogP contribution in [0.3, 0.4) is 0 Å². The Morgan fingerprint density at radius 2 is 2.04 bits per heavy atom. The van der Waals surface area contributed by atoms with E-state index in [0.29, 0.717) is 28.8 Å². The average Bonchev–Trinajstić information content (AvgIpc) is 2.56. The fourth-order valence-electron chi connectivity index (χ4n) is 3.07. The number of nitrogens with zero attached hydrogens (tertiary/aromatic N) is 2. The molecule has 1 aromatic heterocycles. The summed E-state index contributed by atoms with van der Waals surface area (Å²) in [5, 5.41) is 3.92. The van der Waals surface area contributed by atoms with E-state index in [4.69, 9.17) is 4.74 Å². The highest BCUT2D eigenvalue weighted by Gasteiger charge is 2.23. The summed E-state index contributed by atoms with van der Waals surface area (Å²) in [4.78, 5) is 21.9.